The highest BCUT2D eigenvalue weighted by Gasteiger charge is 2.13. The van der Waals surface area contributed by atoms with E-state index in [1.807, 2.05) is 24.3 Å². The second-order valence-electron chi connectivity index (χ2n) is 5.42. The molecule has 0 N–H and O–H groups in total. The number of methoxy groups -OCH3 is 1. The van der Waals surface area contributed by atoms with E-state index in [0.29, 0.717) is 6.61 Å². The number of ether oxygens (including phenoxy) is 2. The lowest BCUT2D eigenvalue weighted by molar-refractivity contribution is 0.210. The van der Waals surface area contributed by atoms with Gasteiger partial charge >= 0.3 is 0 Å². The van der Waals surface area contributed by atoms with Crippen molar-refractivity contribution < 1.29 is 9.47 Å². The molecule has 1 fully saturated rings. The van der Waals surface area contributed by atoms with Gasteiger partial charge < -0.3 is 9.47 Å². The molecule has 0 atom stereocenters. The number of hydrogen-bond acceptors (Lipinski definition) is 3. The molecule has 3 nitrogen and oxygen atoms in total. The number of likely N-dealkylation sites (tertiary alicyclic amines) is 1. The van der Waals surface area contributed by atoms with Gasteiger partial charge in [-0.25, -0.2) is 0 Å². The van der Waals surface area contributed by atoms with Gasteiger partial charge in [-0.15, -0.1) is 0 Å². The Hall–Kier alpha value is -1.48. The van der Waals surface area contributed by atoms with Gasteiger partial charge in [0.25, 0.3) is 0 Å². The molecule has 3 heteroatoms. The first kappa shape index (κ1) is 14.9. The minimum Gasteiger partial charge on any atom is -0.493 e. The van der Waals surface area contributed by atoms with Crippen molar-refractivity contribution in [3.05, 3.63) is 36.4 Å². The van der Waals surface area contributed by atoms with Crippen molar-refractivity contribution in [1.29, 1.82) is 0 Å². The molecule has 20 heavy (non-hydrogen) atoms. The smallest absolute Gasteiger partial charge is 0.161 e. The molecule has 0 aliphatic carbocycles. The molecular weight excluding hydrogens is 250 g/mol. The summed E-state index contributed by atoms with van der Waals surface area (Å²) in [7, 11) is 1.66. The van der Waals surface area contributed by atoms with Crippen LogP contribution >= 0.6 is 0 Å². The molecule has 1 aromatic rings. The van der Waals surface area contributed by atoms with E-state index in [-0.39, 0.29) is 0 Å². The molecule has 0 unspecified atom stereocenters. The van der Waals surface area contributed by atoms with Crippen molar-refractivity contribution in [2.75, 3.05) is 33.4 Å². The van der Waals surface area contributed by atoms with E-state index >= 15 is 0 Å². The van der Waals surface area contributed by atoms with Crippen molar-refractivity contribution in [3.63, 3.8) is 0 Å². The molecular formula is C17H25NO2. The SMILES string of the molecule is COc1ccccc1OCC=CCN1CCC(C)CC1. The number of rotatable bonds is 6. The summed E-state index contributed by atoms with van der Waals surface area (Å²) in [6.45, 7) is 6.40. The Balaban J connectivity index is 1.69. The summed E-state index contributed by atoms with van der Waals surface area (Å²) in [5, 5.41) is 0. The minimum absolute atomic E-state index is 0.588. The van der Waals surface area contributed by atoms with E-state index < -0.39 is 0 Å². The first-order valence-corrected chi connectivity index (χ1v) is 7.42. The minimum atomic E-state index is 0.588. The maximum atomic E-state index is 5.70. The van der Waals surface area contributed by atoms with Crippen LogP contribution in [0.5, 0.6) is 11.5 Å². The van der Waals surface area contributed by atoms with Gasteiger partial charge in [-0.1, -0.05) is 31.2 Å². The Morgan fingerprint density at radius 1 is 1.15 bits per heavy atom. The number of piperidine rings is 1. The van der Waals surface area contributed by atoms with Crippen LogP contribution in [0.15, 0.2) is 36.4 Å². The van der Waals surface area contributed by atoms with Crippen molar-refractivity contribution in [3.8, 4) is 11.5 Å². The summed E-state index contributed by atoms with van der Waals surface area (Å²) in [4.78, 5) is 2.50. The van der Waals surface area contributed by atoms with Crippen LogP contribution in [-0.4, -0.2) is 38.3 Å². The molecule has 0 spiro atoms. The third-order valence-corrected chi connectivity index (χ3v) is 3.81. The predicted molar refractivity (Wildman–Crippen MR) is 82.5 cm³/mol. The Morgan fingerprint density at radius 3 is 2.55 bits per heavy atom. The molecule has 1 aromatic carbocycles. The first-order chi connectivity index (χ1) is 9.79. The average Bonchev–Trinajstić information content (AvgIpc) is 2.49. The van der Waals surface area contributed by atoms with Gasteiger partial charge in [-0.2, -0.15) is 0 Å². The molecule has 1 aliphatic heterocycles. The van der Waals surface area contributed by atoms with E-state index in [0.717, 1.165) is 24.0 Å². The molecule has 0 saturated carbocycles. The molecule has 1 aliphatic rings. The highest BCUT2D eigenvalue weighted by Crippen LogP contribution is 2.25. The number of para-hydroxylation sites is 2. The molecule has 0 amide bonds. The molecule has 2 rings (SSSR count). The van der Waals surface area contributed by atoms with Gasteiger partial charge in [0, 0.05) is 6.54 Å². The number of benzene rings is 1. The van der Waals surface area contributed by atoms with Crippen molar-refractivity contribution in [1.82, 2.24) is 4.90 Å². The van der Waals surface area contributed by atoms with Crippen LogP contribution in [0.2, 0.25) is 0 Å². The summed E-state index contributed by atoms with van der Waals surface area (Å²) in [5.74, 6) is 2.47. The summed E-state index contributed by atoms with van der Waals surface area (Å²) in [5.41, 5.74) is 0. The second kappa shape index (κ2) is 7.95. The fourth-order valence-corrected chi connectivity index (χ4v) is 2.41. The van der Waals surface area contributed by atoms with Crippen molar-refractivity contribution in [2.45, 2.75) is 19.8 Å². The van der Waals surface area contributed by atoms with E-state index in [2.05, 4.69) is 24.0 Å². The maximum Gasteiger partial charge on any atom is 0.161 e. The molecule has 110 valence electrons. The normalized spacial score (nSPS) is 17.5. The maximum absolute atomic E-state index is 5.70. The van der Waals surface area contributed by atoms with E-state index in [1.54, 1.807) is 7.11 Å². The van der Waals surface area contributed by atoms with E-state index in [4.69, 9.17) is 9.47 Å². The predicted octanol–water partition coefficient (Wildman–Crippen LogP) is 3.36. The van der Waals surface area contributed by atoms with Crippen LogP contribution in [0.4, 0.5) is 0 Å². The second-order valence-corrected chi connectivity index (χ2v) is 5.42. The number of hydrogen-bond donors (Lipinski definition) is 0. The van der Waals surface area contributed by atoms with Crippen LogP contribution in [0.3, 0.4) is 0 Å². The Labute approximate surface area is 122 Å². The highest BCUT2D eigenvalue weighted by atomic mass is 16.5. The zero-order valence-electron chi connectivity index (χ0n) is 12.5. The largest absolute Gasteiger partial charge is 0.493 e. The quantitative estimate of drug-likeness (QED) is 0.743. The standard InChI is InChI=1S/C17H25NO2/c1-15-9-12-18(13-10-15)11-5-6-14-20-17-8-4-3-7-16(17)19-2/h3-8,15H,9-14H2,1-2H3. The fraction of sp³-hybridized carbons (Fsp3) is 0.529. The van der Waals surface area contributed by atoms with Crippen LogP contribution < -0.4 is 9.47 Å². The van der Waals surface area contributed by atoms with Crippen molar-refractivity contribution >= 4 is 0 Å². The molecule has 0 bridgehead atoms. The Morgan fingerprint density at radius 2 is 1.85 bits per heavy atom. The van der Waals surface area contributed by atoms with Crippen molar-refractivity contribution in [2.24, 2.45) is 5.92 Å². The van der Waals surface area contributed by atoms with E-state index in [1.165, 1.54) is 25.9 Å². The lowest BCUT2D eigenvalue weighted by Gasteiger charge is -2.29. The lowest BCUT2D eigenvalue weighted by Crippen LogP contribution is -2.32. The zero-order valence-corrected chi connectivity index (χ0v) is 12.5. The zero-order chi connectivity index (χ0) is 14.2. The molecule has 1 saturated heterocycles. The third kappa shape index (κ3) is 4.57. The lowest BCUT2D eigenvalue weighted by atomic mass is 9.99. The highest BCUT2D eigenvalue weighted by molar-refractivity contribution is 5.39. The molecule has 0 radical (unpaired) electrons. The Bertz CT molecular complexity index is 423. The summed E-state index contributed by atoms with van der Waals surface area (Å²) >= 11 is 0. The summed E-state index contributed by atoms with van der Waals surface area (Å²) in [6.07, 6.45) is 6.94. The van der Waals surface area contributed by atoms with Gasteiger partial charge in [0.15, 0.2) is 11.5 Å². The van der Waals surface area contributed by atoms with E-state index in [9.17, 15) is 0 Å². The molecule has 0 aromatic heterocycles. The van der Waals surface area contributed by atoms with Gasteiger partial charge in [0.1, 0.15) is 6.61 Å². The summed E-state index contributed by atoms with van der Waals surface area (Å²) in [6, 6.07) is 7.74. The van der Waals surface area contributed by atoms with Crippen LogP contribution in [0.1, 0.15) is 19.8 Å². The van der Waals surface area contributed by atoms with Gasteiger partial charge in [0.2, 0.25) is 0 Å². The summed E-state index contributed by atoms with van der Waals surface area (Å²) < 4.78 is 11.0. The van der Waals surface area contributed by atoms with Crippen LogP contribution in [-0.2, 0) is 0 Å². The van der Waals surface area contributed by atoms with Crippen LogP contribution in [0.25, 0.3) is 0 Å². The average molecular weight is 275 g/mol. The van der Waals surface area contributed by atoms with Gasteiger partial charge in [-0.05, 0) is 44.0 Å². The Kier molecular flexibility index (Phi) is 5.93. The van der Waals surface area contributed by atoms with Crippen LogP contribution in [0, 0.1) is 5.92 Å². The monoisotopic (exact) mass is 275 g/mol. The third-order valence-electron chi connectivity index (χ3n) is 3.81. The topological polar surface area (TPSA) is 21.7 Å². The molecule has 1 heterocycles. The van der Waals surface area contributed by atoms with Gasteiger partial charge in [-0.3, -0.25) is 4.90 Å². The number of nitrogens with zero attached hydrogens (tertiary/aromatic N) is 1. The fourth-order valence-electron chi connectivity index (χ4n) is 2.41. The first-order valence-electron chi connectivity index (χ1n) is 7.42. The van der Waals surface area contributed by atoms with Gasteiger partial charge in [0.05, 0.1) is 7.11 Å².